The molecule has 2 aromatic rings. The maximum absolute atomic E-state index is 13.5. The molecule has 2 N–H and O–H groups in total. The van der Waals surface area contributed by atoms with E-state index in [-0.39, 0.29) is 34.7 Å². The van der Waals surface area contributed by atoms with Crippen LogP contribution >= 0.6 is 11.6 Å². The Morgan fingerprint density at radius 1 is 1.14 bits per heavy atom. The first-order valence-corrected chi connectivity index (χ1v) is 17.7. The number of hydrogen-bond donors (Lipinski definition) is 2. The lowest BCUT2D eigenvalue weighted by atomic mass is 9.68. The lowest BCUT2D eigenvalue weighted by Crippen LogP contribution is -2.49. The fourth-order valence-electron chi connectivity index (χ4n) is 7.89. The van der Waals surface area contributed by atoms with E-state index in [4.69, 9.17) is 16.3 Å². The number of ether oxygens (including phenoxy) is 1. The number of aliphatic hydroxyl groups excluding tert-OH is 1. The van der Waals surface area contributed by atoms with Gasteiger partial charge in [-0.05, 0) is 104 Å². The van der Waals surface area contributed by atoms with E-state index in [1.807, 2.05) is 39.0 Å². The third-order valence-electron chi connectivity index (χ3n) is 10.7. The van der Waals surface area contributed by atoms with Crippen molar-refractivity contribution in [2.45, 2.75) is 76.1 Å². The number of amides is 1. The standard InChI is InChI=1S/C34H43ClN2O5S/c1-4-32-22(3)21(2)7-13-30(38)27-11-8-25(27)18-37-19-34(15-5-6-23-16-26(35)10-12-28(23)34)20-42-31-14-9-24(17-29(31)37)33(39)36-43(32,40)41/h7,9-10,12-14,16-17,21-22,25,27,30,32,38H,4-6,8,11,15,18-20H2,1-3H3,(H,36,39)/b13-7+/t21-,22+,25+,27-,30+,32-,34+/m1/s1. The number of nitrogens with one attached hydrogen (secondary N) is 1. The van der Waals surface area contributed by atoms with Crippen LogP contribution in [-0.4, -0.2) is 50.5 Å². The van der Waals surface area contributed by atoms with Crippen molar-refractivity contribution in [3.05, 3.63) is 70.3 Å². The first kappa shape index (κ1) is 30.5. The third-order valence-corrected chi connectivity index (χ3v) is 13.0. The molecule has 9 heteroatoms. The van der Waals surface area contributed by atoms with Crippen molar-refractivity contribution in [3.8, 4) is 5.75 Å². The fraction of sp³-hybridized carbons (Fsp3) is 0.559. The number of nitrogens with zero attached hydrogens (tertiary/aromatic N) is 1. The van der Waals surface area contributed by atoms with Gasteiger partial charge in [-0.15, -0.1) is 0 Å². The van der Waals surface area contributed by atoms with Crippen LogP contribution in [0.1, 0.15) is 74.4 Å². The van der Waals surface area contributed by atoms with Gasteiger partial charge in [0.1, 0.15) is 5.75 Å². The molecule has 0 aromatic heterocycles. The number of fused-ring (bicyclic) bond motifs is 4. The van der Waals surface area contributed by atoms with Gasteiger partial charge in [-0.3, -0.25) is 4.79 Å². The molecule has 2 aliphatic heterocycles. The Morgan fingerprint density at radius 3 is 2.70 bits per heavy atom. The summed E-state index contributed by atoms with van der Waals surface area (Å²) in [4.78, 5) is 15.8. The number of anilines is 1. The predicted molar refractivity (Wildman–Crippen MR) is 170 cm³/mol. The summed E-state index contributed by atoms with van der Waals surface area (Å²) in [5.41, 5.74) is 3.33. The molecule has 2 heterocycles. The molecular formula is C34H43ClN2O5S. The fourth-order valence-corrected chi connectivity index (χ4v) is 9.87. The van der Waals surface area contributed by atoms with Crippen molar-refractivity contribution in [1.29, 1.82) is 0 Å². The summed E-state index contributed by atoms with van der Waals surface area (Å²) in [7, 11) is -3.96. The maximum atomic E-state index is 13.5. The number of aryl methyl sites for hydroxylation is 1. The highest BCUT2D eigenvalue weighted by atomic mass is 35.5. The quantitative estimate of drug-likeness (QED) is 0.384. The van der Waals surface area contributed by atoms with Crippen molar-refractivity contribution in [1.82, 2.24) is 4.72 Å². The molecule has 1 amide bonds. The lowest BCUT2D eigenvalue weighted by molar-refractivity contribution is 0.0453. The number of halogens is 1. The summed E-state index contributed by atoms with van der Waals surface area (Å²) in [6, 6.07) is 11.4. The smallest absolute Gasteiger partial charge is 0.264 e. The molecular weight excluding hydrogens is 584 g/mol. The molecule has 1 fully saturated rings. The molecule has 0 saturated heterocycles. The van der Waals surface area contributed by atoms with E-state index >= 15 is 0 Å². The minimum atomic E-state index is -3.96. The van der Waals surface area contributed by atoms with Gasteiger partial charge in [-0.2, -0.15) is 0 Å². The Bertz CT molecular complexity index is 1530. The summed E-state index contributed by atoms with van der Waals surface area (Å²) in [6.07, 6.45) is 8.51. The predicted octanol–water partition coefficient (Wildman–Crippen LogP) is 5.88. The van der Waals surface area contributed by atoms with Gasteiger partial charge in [0.05, 0.1) is 23.6 Å². The molecule has 1 spiro atoms. The average Bonchev–Trinajstić information content (AvgIpc) is 3.10. The van der Waals surface area contributed by atoms with Crippen molar-refractivity contribution in [2.75, 3.05) is 24.6 Å². The normalized spacial score (nSPS) is 34.5. The topological polar surface area (TPSA) is 95.9 Å². The lowest BCUT2D eigenvalue weighted by Gasteiger charge is -2.45. The van der Waals surface area contributed by atoms with Gasteiger partial charge < -0.3 is 14.7 Å². The van der Waals surface area contributed by atoms with Crippen LogP contribution in [0.25, 0.3) is 0 Å². The minimum absolute atomic E-state index is 0.0916. The first-order valence-electron chi connectivity index (χ1n) is 15.7. The SMILES string of the molecule is CC[C@@H]1[C@@H](C)[C@H](C)/C=C/[C@H](O)[C@@H]2CC[C@H]2CN2C[C@@]3(CCCc4cc(Cl)ccc43)COc3ccc(cc32)C(=O)NS1(=O)=O. The molecule has 2 aromatic carbocycles. The van der Waals surface area contributed by atoms with Crippen molar-refractivity contribution in [3.63, 3.8) is 0 Å². The number of hydrogen-bond acceptors (Lipinski definition) is 6. The van der Waals surface area contributed by atoms with Crippen molar-refractivity contribution >= 4 is 33.2 Å². The molecule has 0 radical (unpaired) electrons. The average molecular weight is 627 g/mol. The summed E-state index contributed by atoms with van der Waals surface area (Å²) in [5.74, 6) is 0.110. The summed E-state index contributed by atoms with van der Waals surface area (Å²) in [5, 5.41) is 11.3. The van der Waals surface area contributed by atoms with Crippen LogP contribution in [-0.2, 0) is 21.9 Å². The van der Waals surface area contributed by atoms with E-state index < -0.39 is 27.3 Å². The molecule has 7 nitrogen and oxygen atoms in total. The van der Waals surface area contributed by atoms with Crippen molar-refractivity contribution in [2.24, 2.45) is 23.7 Å². The van der Waals surface area contributed by atoms with Crippen LogP contribution in [0.15, 0.2) is 48.6 Å². The number of benzene rings is 2. The number of allylic oxidation sites excluding steroid dienone is 1. The number of carbonyl (C=O) groups is 1. The van der Waals surface area contributed by atoms with Gasteiger partial charge in [0.25, 0.3) is 5.91 Å². The summed E-state index contributed by atoms with van der Waals surface area (Å²) in [6.45, 7) is 7.62. The van der Waals surface area contributed by atoms with Crippen molar-refractivity contribution < 1.29 is 23.1 Å². The Hall–Kier alpha value is -2.55. The minimum Gasteiger partial charge on any atom is -0.490 e. The number of sulfonamides is 1. The highest BCUT2D eigenvalue weighted by Gasteiger charge is 2.44. The second kappa shape index (κ2) is 11.8. The van der Waals surface area contributed by atoms with Crippen LogP contribution in [0, 0.1) is 23.7 Å². The Morgan fingerprint density at radius 2 is 1.95 bits per heavy atom. The molecule has 43 heavy (non-hydrogen) atoms. The van der Waals surface area contributed by atoms with E-state index in [2.05, 4.69) is 21.8 Å². The van der Waals surface area contributed by atoms with E-state index in [0.717, 1.165) is 42.8 Å². The van der Waals surface area contributed by atoms with Gasteiger partial charge in [0.15, 0.2) is 0 Å². The summed E-state index contributed by atoms with van der Waals surface area (Å²) < 4.78 is 35.9. The van der Waals surface area contributed by atoms with Crippen LogP contribution in [0.3, 0.4) is 0 Å². The van der Waals surface area contributed by atoms with Crippen LogP contribution in [0.4, 0.5) is 5.69 Å². The van der Waals surface area contributed by atoms with Gasteiger partial charge >= 0.3 is 0 Å². The van der Waals surface area contributed by atoms with Crippen LogP contribution < -0.4 is 14.4 Å². The Kier molecular flexibility index (Phi) is 8.33. The molecule has 7 atom stereocenters. The van der Waals surface area contributed by atoms with Gasteiger partial charge in [-0.25, -0.2) is 13.1 Å². The first-order chi connectivity index (χ1) is 20.5. The number of rotatable bonds is 1. The molecule has 2 bridgehead atoms. The van der Waals surface area contributed by atoms with E-state index in [1.165, 1.54) is 11.1 Å². The third kappa shape index (κ3) is 5.71. The van der Waals surface area contributed by atoms with Gasteiger partial charge in [0, 0.05) is 29.1 Å². The second-order valence-electron chi connectivity index (χ2n) is 13.3. The highest BCUT2D eigenvalue weighted by Crippen LogP contribution is 2.47. The zero-order chi connectivity index (χ0) is 30.5. The molecule has 0 unspecified atom stereocenters. The second-order valence-corrected chi connectivity index (χ2v) is 15.6. The zero-order valence-electron chi connectivity index (χ0n) is 25.3. The van der Waals surface area contributed by atoms with E-state index in [0.29, 0.717) is 31.9 Å². The number of aliphatic hydroxyl groups is 1. The largest absolute Gasteiger partial charge is 0.490 e. The van der Waals surface area contributed by atoms with E-state index in [9.17, 15) is 18.3 Å². The summed E-state index contributed by atoms with van der Waals surface area (Å²) >= 11 is 6.40. The Balaban J connectivity index is 1.43. The van der Waals surface area contributed by atoms with Gasteiger partial charge in [0.2, 0.25) is 10.0 Å². The molecule has 4 aliphatic rings. The maximum Gasteiger partial charge on any atom is 0.264 e. The molecule has 232 valence electrons. The van der Waals surface area contributed by atoms with Gasteiger partial charge in [-0.1, -0.05) is 50.6 Å². The van der Waals surface area contributed by atoms with E-state index in [1.54, 1.807) is 18.2 Å². The highest BCUT2D eigenvalue weighted by molar-refractivity contribution is 7.90. The van der Waals surface area contributed by atoms with Crippen LogP contribution in [0.2, 0.25) is 5.02 Å². The molecule has 6 rings (SSSR count). The number of carbonyl (C=O) groups excluding carboxylic acids is 1. The Labute approximate surface area is 260 Å². The molecule has 1 saturated carbocycles. The zero-order valence-corrected chi connectivity index (χ0v) is 26.8. The monoisotopic (exact) mass is 626 g/mol. The van der Waals surface area contributed by atoms with Crippen LogP contribution in [0.5, 0.6) is 5.75 Å². The molecule has 2 aliphatic carbocycles.